The lowest BCUT2D eigenvalue weighted by atomic mass is 9.70. The number of piperidine rings is 1. The van der Waals surface area contributed by atoms with E-state index in [1.165, 1.54) is 12.5 Å². The fourth-order valence-electron chi connectivity index (χ4n) is 10.8. The van der Waals surface area contributed by atoms with Crippen molar-refractivity contribution in [2.24, 2.45) is 23.7 Å². The normalized spacial score (nSPS) is 23.4. The second kappa shape index (κ2) is 19.5. The van der Waals surface area contributed by atoms with Crippen molar-refractivity contribution in [3.8, 4) is 0 Å². The van der Waals surface area contributed by atoms with Gasteiger partial charge in [-0.1, -0.05) is 43.5 Å². The van der Waals surface area contributed by atoms with Gasteiger partial charge >= 0.3 is 6.09 Å². The van der Waals surface area contributed by atoms with E-state index >= 15 is 4.39 Å². The number of aromatic amines is 1. The first-order valence-electron chi connectivity index (χ1n) is 23.3. The number of halogens is 1. The number of nitrogens with zero attached hydrogens (tertiary/aromatic N) is 6. The molecule has 15 heteroatoms. The van der Waals surface area contributed by atoms with Gasteiger partial charge in [0.25, 0.3) is 11.5 Å². The van der Waals surface area contributed by atoms with Crippen LogP contribution >= 0.6 is 0 Å². The molecule has 14 nitrogen and oxygen atoms in total. The van der Waals surface area contributed by atoms with Gasteiger partial charge in [0.15, 0.2) is 0 Å². The van der Waals surface area contributed by atoms with Crippen LogP contribution in [0.1, 0.15) is 93.8 Å². The maximum absolute atomic E-state index is 15.1. The van der Waals surface area contributed by atoms with Crippen LogP contribution < -0.4 is 10.9 Å². The summed E-state index contributed by atoms with van der Waals surface area (Å²) in [6.07, 6.45) is 8.45. The Balaban J connectivity index is 0.789. The van der Waals surface area contributed by atoms with Crippen molar-refractivity contribution in [3.63, 3.8) is 0 Å². The Bertz CT molecular complexity index is 2190. The zero-order valence-electron chi connectivity index (χ0n) is 37.3. The number of likely N-dealkylation sites (tertiary alicyclic amines) is 1. The van der Waals surface area contributed by atoms with Gasteiger partial charge in [0, 0.05) is 83.8 Å². The molecule has 4 amide bonds. The van der Waals surface area contributed by atoms with Crippen LogP contribution in [0.15, 0.2) is 47.3 Å². The van der Waals surface area contributed by atoms with E-state index in [9.17, 15) is 24.0 Å². The third-order valence-corrected chi connectivity index (χ3v) is 14.2. The molecule has 2 N–H and O–H groups in total. The SMILES string of the molecule is CC(C)(C)OC(=O)N[C@@H](C(=O)N1C[C@H]2CC[C@@H](CN3CCN(CC(=O)N4CCN(C(=O)c5cc(Cc6n[nH]c(=O)c7ccccc67)ccc5F)CC4)CC3)[C@@H](C2)C1)C1CCCCC1. The summed E-state index contributed by atoms with van der Waals surface area (Å²) >= 11 is 0. The molecule has 2 bridgehead atoms. The van der Waals surface area contributed by atoms with E-state index < -0.39 is 29.5 Å². The largest absolute Gasteiger partial charge is 0.444 e. The fraction of sp³-hybridized carbons (Fsp3) is 0.625. The van der Waals surface area contributed by atoms with E-state index in [-0.39, 0.29) is 28.9 Å². The summed E-state index contributed by atoms with van der Waals surface area (Å²) in [5.41, 5.74) is 0.402. The van der Waals surface area contributed by atoms with E-state index in [4.69, 9.17) is 4.74 Å². The zero-order chi connectivity index (χ0) is 44.3. The summed E-state index contributed by atoms with van der Waals surface area (Å²) in [4.78, 5) is 76.8. The molecule has 340 valence electrons. The molecule has 8 rings (SSSR count). The molecule has 5 aliphatic rings. The van der Waals surface area contributed by atoms with Gasteiger partial charge in [0.2, 0.25) is 11.8 Å². The molecular weight excluding hydrogens is 804 g/mol. The molecule has 0 spiro atoms. The molecule has 4 heterocycles. The maximum Gasteiger partial charge on any atom is 0.408 e. The van der Waals surface area contributed by atoms with Gasteiger partial charge in [-0.3, -0.25) is 24.1 Å². The number of carbonyl (C=O) groups is 4. The van der Waals surface area contributed by atoms with E-state index in [0.717, 1.165) is 90.8 Å². The van der Waals surface area contributed by atoms with Crippen molar-refractivity contribution in [2.45, 2.75) is 90.2 Å². The van der Waals surface area contributed by atoms with Gasteiger partial charge in [0.1, 0.15) is 17.5 Å². The Morgan fingerprint density at radius 2 is 1.54 bits per heavy atom. The third-order valence-electron chi connectivity index (χ3n) is 14.2. The van der Waals surface area contributed by atoms with E-state index in [2.05, 4.69) is 30.2 Å². The second-order valence-corrected chi connectivity index (χ2v) is 19.8. The number of alkyl carbamates (subject to hydrolysis) is 1. The minimum Gasteiger partial charge on any atom is -0.444 e. The van der Waals surface area contributed by atoms with Gasteiger partial charge in [-0.15, -0.1) is 0 Å². The Morgan fingerprint density at radius 3 is 2.27 bits per heavy atom. The molecule has 63 heavy (non-hydrogen) atoms. The van der Waals surface area contributed by atoms with Gasteiger partial charge in [-0.25, -0.2) is 14.3 Å². The number of fused-ring (bicyclic) bond motifs is 3. The Labute approximate surface area is 369 Å². The highest BCUT2D eigenvalue weighted by Crippen LogP contribution is 2.40. The van der Waals surface area contributed by atoms with Crippen molar-refractivity contribution in [1.29, 1.82) is 0 Å². The predicted molar refractivity (Wildman–Crippen MR) is 238 cm³/mol. The first-order valence-corrected chi connectivity index (χ1v) is 23.3. The van der Waals surface area contributed by atoms with Crippen LogP contribution in [-0.2, 0) is 20.7 Å². The standard InChI is InChI=1S/C48H65FN8O6/c1-48(2,3)63-47(62)50-43(34-9-5-4-6-10-34)46(61)57-28-33-13-15-35(36(25-33)30-57)29-53-17-19-54(20-18-53)31-42(58)55-21-23-56(24-22-55)45(60)39-26-32(14-16-40(39)49)27-41-37-11-7-8-12-38(37)44(59)52-51-41/h7-8,11-12,14,16,26,33-36,43H,4-6,9-10,13,15,17-25,27-31H2,1-3H3,(H,50,62)(H,52,59)/t33-,35-,36-,43+/m0/s1. The number of benzene rings is 2. The molecule has 0 unspecified atom stereocenters. The van der Waals surface area contributed by atoms with Crippen molar-refractivity contribution >= 4 is 34.6 Å². The highest BCUT2D eigenvalue weighted by Gasteiger charge is 2.43. The second-order valence-electron chi connectivity index (χ2n) is 19.8. The summed E-state index contributed by atoms with van der Waals surface area (Å²) in [7, 11) is 0. The molecule has 3 saturated heterocycles. The van der Waals surface area contributed by atoms with E-state index in [1.54, 1.807) is 29.2 Å². The van der Waals surface area contributed by atoms with Crippen LogP contribution in [0, 0.1) is 29.5 Å². The number of nitrogens with one attached hydrogen (secondary N) is 2. The summed E-state index contributed by atoms with van der Waals surface area (Å²) in [5.74, 6) is 0.652. The Hall–Kier alpha value is -4.89. The minimum absolute atomic E-state index is 0.0166. The Kier molecular flexibility index (Phi) is 13.8. The number of amides is 4. The monoisotopic (exact) mass is 869 g/mol. The van der Waals surface area contributed by atoms with Crippen LogP contribution in [0.2, 0.25) is 0 Å². The predicted octanol–water partition coefficient (Wildman–Crippen LogP) is 4.90. The molecule has 2 aliphatic carbocycles. The molecule has 2 saturated carbocycles. The number of hydrogen-bond donors (Lipinski definition) is 2. The molecule has 0 radical (unpaired) electrons. The first kappa shape index (κ1) is 44.7. The Morgan fingerprint density at radius 1 is 0.841 bits per heavy atom. The maximum atomic E-state index is 15.1. The highest BCUT2D eigenvalue weighted by atomic mass is 19.1. The average Bonchev–Trinajstić information content (AvgIpc) is 3.28. The topological polar surface area (TPSA) is 151 Å². The minimum atomic E-state index is -0.634. The molecule has 4 atom stereocenters. The summed E-state index contributed by atoms with van der Waals surface area (Å²) in [5, 5.41) is 11.0. The third kappa shape index (κ3) is 10.9. The summed E-state index contributed by atoms with van der Waals surface area (Å²) in [6, 6.07) is 11.1. The average molecular weight is 869 g/mol. The number of aromatic nitrogens is 2. The lowest BCUT2D eigenvalue weighted by Crippen LogP contribution is -2.58. The molecule has 3 aliphatic heterocycles. The van der Waals surface area contributed by atoms with Gasteiger partial charge in [-0.2, -0.15) is 5.10 Å². The first-order chi connectivity index (χ1) is 30.3. The van der Waals surface area contributed by atoms with Gasteiger partial charge in [0.05, 0.1) is 23.2 Å². The van der Waals surface area contributed by atoms with E-state index in [0.29, 0.717) is 78.9 Å². The highest BCUT2D eigenvalue weighted by molar-refractivity contribution is 5.95. The van der Waals surface area contributed by atoms with Crippen LogP contribution in [0.5, 0.6) is 0 Å². The van der Waals surface area contributed by atoms with Crippen molar-refractivity contribution in [3.05, 3.63) is 75.5 Å². The molecule has 1 aromatic heterocycles. The van der Waals surface area contributed by atoms with Crippen LogP contribution in [-0.4, -0.2) is 149 Å². The van der Waals surface area contributed by atoms with Crippen molar-refractivity contribution < 1.29 is 28.3 Å². The zero-order valence-corrected chi connectivity index (χ0v) is 37.3. The number of rotatable bonds is 10. The van der Waals surface area contributed by atoms with E-state index in [1.807, 2.05) is 37.8 Å². The number of H-pyrrole nitrogens is 1. The van der Waals surface area contributed by atoms with Crippen molar-refractivity contribution in [1.82, 2.24) is 40.0 Å². The number of carbonyl (C=O) groups excluding carboxylic acids is 4. The van der Waals surface area contributed by atoms with Crippen molar-refractivity contribution in [2.75, 3.05) is 78.5 Å². The van der Waals surface area contributed by atoms with Crippen LogP contribution in [0.4, 0.5) is 9.18 Å². The fourth-order valence-corrected chi connectivity index (χ4v) is 10.8. The summed E-state index contributed by atoms with van der Waals surface area (Å²) < 4.78 is 20.7. The van der Waals surface area contributed by atoms with Crippen LogP contribution in [0.3, 0.4) is 0 Å². The molecule has 3 aromatic rings. The van der Waals surface area contributed by atoms with Gasteiger partial charge in [-0.05, 0) is 100 Å². The molecule has 2 aromatic carbocycles. The smallest absolute Gasteiger partial charge is 0.408 e. The van der Waals surface area contributed by atoms with Crippen LogP contribution in [0.25, 0.3) is 10.8 Å². The number of hydrogen-bond acceptors (Lipinski definition) is 9. The number of ether oxygens (including phenoxy) is 1. The number of piperazine rings is 2. The lowest BCUT2D eigenvalue weighted by Gasteiger charge is -2.48. The molecule has 5 fully saturated rings. The van der Waals surface area contributed by atoms with Gasteiger partial charge < -0.3 is 29.7 Å². The summed E-state index contributed by atoms with van der Waals surface area (Å²) in [6.45, 7) is 13.1. The quantitative estimate of drug-likeness (QED) is 0.290. The lowest BCUT2D eigenvalue weighted by molar-refractivity contribution is -0.140. The molecular formula is C48H65FN8O6.